The number of hydrogen-bond donors (Lipinski definition) is 1. The smallest absolute Gasteiger partial charge is 0.303 e. The van der Waals surface area contributed by atoms with Crippen LogP contribution in [-0.2, 0) is 4.79 Å². The zero-order valence-electron chi connectivity index (χ0n) is 14.8. The van der Waals surface area contributed by atoms with Crippen LogP contribution in [-0.4, -0.2) is 16.1 Å². The van der Waals surface area contributed by atoms with Crippen LogP contribution in [0.15, 0.2) is 66.7 Å². The SMILES string of the molecule is O=C(O)CCC/C(=C\c1ccc2ccccc2c1)c1nc2ccccc2s1. The van der Waals surface area contributed by atoms with Crippen LogP contribution >= 0.6 is 11.3 Å². The number of thiazole rings is 1. The summed E-state index contributed by atoms with van der Waals surface area (Å²) in [6.45, 7) is 0. The molecule has 0 bridgehead atoms. The van der Waals surface area contributed by atoms with E-state index in [0.29, 0.717) is 12.8 Å². The van der Waals surface area contributed by atoms with Crippen molar-refractivity contribution in [3.05, 3.63) is 77.3 Å². The van der Waals surface area contributed by atoms with Gasteiger partial charge in [-0.1, -0.05) is 48.5 Å². The van der Waals surface area contributed by atoms with Gasteiger partial charge in [-0.3, -0.25) is 4.79 Å². The van der Waals surface area contributed by atoms with Crippen molar-refractivity contribution in [1.29, 1.82) is 0 Å². The van der Waals surface area contributed by atoms with Gasteiger partial charge in [0.05, 0.1) is 10.2 Å². The van der Waals surface area contributed by atoms with Crippen molar-refractivity contribution in [2.75, 3.05) is 0 Å². The molecule has 0 amide bonds. The van der Waals surface area contributed by atoms with E-state index in [4.69, 9.17) is 10.1 Å². The summed E-state index contributed by atoms with van der Waals surface area (Å²) in [6.07, 6.45) is 3.61. The fraction of sp³-hybridized carbons (Fsp3) is 0.130. The molecule has 1 N–H and O–H groups in total. The number of rotatable bonds is 6. The lowest BCUT2D eigenvalue weighted by atomic mass is 10.0. The van der Waals surface area contributed by atoms with Gasteiger partial charge >= 0.3 is 5.97 Å². The summed E-state index contributed by atoms with van der Waals surface area (Å²) in [5.74, 6) is -0.760. The monoisotopic (exact) mass is 373 g/mol. The molecule has 4 rings (SSSR count). The van der Waals surface area contributed by atoms with Crippen LogP contribution < -0.4 is 0 Å². The van der Waals surface area contributed by atoms with Crippen molar-refractivity contribution in [2.45, 2.75) is 19.3 Å². The fourth-order valence-corrected chi connectivity index (χ4v) is 4.19. The second kappa shape index (κ2) is 7.72. The Bertz CT molecular complexity index is 1110. The number of benzene rings is 3. The first kappa shape index (κ1) is 17.4. The van der Waals surface area contributed by atoms with Crippen molar-refractivity contribution in [2.24, 2.45) is 0 Å². The number of allylic oxidation sites excluding steroid dienone is 1. The number of carboxylic acid groups (broad SMARTS) is 1. The molecule has 4 heteroatoms. The van der Waals surface area contributed by atoms with Gasteiger partial charge in [0.2, 0.25) is 0 Å². The largest absolute Gasteiger partial charge is 0.481 e. The number of carboxylic acids is 1. The van der Waals surface area contributed by atoms with E-state index in [0.717, 1.165) is 26.4 Å². The van der Waals surface area contributed by atoms with Gasteiger partial charge in [-0.2, -0.15) is 0 Å². The number of nitrogens with zero attached hydrogens (tertiary/aromatic N) is 1. The molecule has 3 nitrogen and oxygen atoms in total. The van der Waals surface area contributed by atoms with Crippen molar-refractivity contribution >= 4 is 49.9 Å². The summed E-state index contributed by atoms with van der Waals surface area (Å²) in [5, 5.41) is 12.4. The summed E-state index contributed by atoms with van der Waals surface area (Å²) >= 11 is 1.66. The molecule has 0 atom stereocenters. The minimum Gasteiger partial charge on any atom is -0.481 e. The normalized spacial score (nSPS) is 11.9. The molecular weight excluding hydrogens is 354 g/mol. The molecule has 0 aliphatic carbocycles. The van der Waals surface area contributed by atoms with Gasteiger partial charge in [-0.25, -0.2) is 4.98 Å². The Morgan fingerprint density at radius 2 is 1.74 bits per heavy atom. The maximum atomic E-state index is 10.9. The first-order chi connectivity index (χ1) is 13.2. The number of carbonyl (C=O) groups is 1. The zero-order chi connectivity index (χ0) is 18.6. The summed E-state index contributed by atoms with van der Waals surface area (Å²) in [6, 6.07) is 22.8. The molecule has 1 aromatic heterocycles. The molecule has 0 unspecified atom stereocenters. The maximum absolute atomic E-state index is 10.9. The first-order valence-electron chi connectivity index (χ1n) is 8.96. The Kier molecular flexibility index (Phi) is 4.99. The highest BCUT2D eigenvalue weighted by molar-refractivity contribution is 7.19. The van der Waals surface area contributed by atoms with E-state index >= 15 is 0 Å². The summed E-state index contributed by atoms with van der Waals surface area (Å²) in [5.41, 5.74) is 3.19. The number of aliphatic carboxylic acids is 1. The number of aromatic nitrogens is 1. The standard InChI is InChI=1S/C23H19NO2S/c25-22(26)11-5-8-19(23-24-20-9-3-4-10-21(20)27-23)15-16-12-13-17-6-1-2-7-18(17)14-16/h1-4,6-7,9-10,12-15H,5,8,11H2,(H,25,26)/b19-15+. The zero-order valence-corrected chi connectivity index (χ0v) is 15.6. The van der Waals surface area contributed by atoms with Crippen LogP contribution in [0.2, 0.25) is 0 Å². The molecule has 0 fully saturated rings. The van der Waals surface area contributed by atoms with Gasteiger partial charge in [0, 0.05) is 6.42 Å². The van der Waals surface area contributed by atoms with E-state index in [1.54, 1.807) is 11.3 Å². The van der Waals surface area contributed by atoms with Gasteiger partial charge in [0.25, 0.3) is 0 Å². The van der Waals surface area contributed by atoms with Crippen molar-refractivity contribution in [1.82, 2.24) is 4.98 Å². The maximum Gasteiger partial charge on any atom is 0.303 e. The third-order valence-electron chi connectivity index (χ3n) is 4.52. The summed E-state index contributed by atoms with van der Waals surface area (Å²) in [7, 11) is 0. The van der Waals surface area contributed by atoms with Crippen LogP contribution in [0.4, 0.5) is 0 Å². The molecule has 0 radical (unpaired) electrons. The van der Waals surface area contributed by atoms with Crippen LogP contribution in [0.1, 0.15) is 29.8 Å². The minimum absolute atomic E-state index is 0.167. The van der Waals surface area contributed by atoms with E-state index < -0.39 is 5.97 Å². The molecule has 0 saturated carbocycles. The van der Waals surface area contributed by atoms with E-state index in [1.807, 2.05) is 30.3 Å². The lowest BCUT2D eigenvalue weighted by Gasteiger charge is -2.05. The van der Waals surface area contributed by atoms with Crippen LogP contribution in [0.3, 0.4) is 0 Å². The molecule has 0 aliphatic heterocycles. The Hall–Kier alpha value is -2.98. The third-order valence-corrected chi connectivity index (χ3v) is 5.63. The molecule has 3 aromatic carbocycles. The topological polar surface area (TPSA) is 50.2 Å². The van der Waals surface area contributed by atoms with Crippen molar-refractivity contribution in [3.63, 3.8) is 0 Å². The molecule has 4 aromatic rings. The molecule has 0 spiro atoms. The van der Waals surface area contributed by atoms with Gasteiger partial charge in [0.1, 0.15) is 5.01 Å². The number of para-hydroxylation sites is 1. The second-order valence-electron chi connectivity index (χ2n) is 6.51. The fourth-order valence-electron chi connectivity index (χ4n) is 3.18. The predicted octanol–water partition coefficient (Wildman–Crippen LogP) is 6.25. The van der Waals surface area contributed by atoms with Crippen molar-refractivity contribution < 1.29 is 9.90 Å². The highest BCUT2D eigenvalue weighted by Crippen LogP contribution is 2.31. The number of fused-ring (bicyclic) bond motifs is 2. The lowest BCUT2D eigenvalue weighted by Crippen LogP contribution is -1.94. The highest BCUT2D eigenvalue weighted by Gasteiger charge is 2.10. The Morgan fingerprint density at radius 1 is 0.963 bits per heavy atom. The van der Waals surface area contributed by atoms with Gasteiger partial charge in [0.15, 0.2) is 0 Å². The Labute approximate surface area is 161 Å². The Balaban J connectivity index is 1.73. The van der Waals surface area contributed by atoms with E-state index in [-0.39, 0.29) is 6.42 Å². The van der Waals surface area contributed by atoms with Crippen LogP contribution in [0.25, 0.3) is 32.6 Å². The predicted molar refractivity (Wildman–Crippen MR) is 113 cm³/mol. The van der Waals surface area contributed by atoms with Gasteiger partial charge in [-0.05, 0) is 59.0 Å². The third kappa shape index (κ3) is 4.07. The van der Waals surface area contributed by atoms with Crippen LogP contribution in [0.5, 0.6) is 0 Å². The molecule has 134 valence electrons. The summed E-state index contributed by atoms with van der Waals surface area (Å²) < 4.78 is 1.15. The number of hydrogen-bond acceptors (Lipinski definition) is 3. The molecule has 0 saturated heterocycles. The first-order valence-corrected chi connectivity index (χ1v) is 9.78. The van der Waals surface area contributed by atoms with E-state index in [9.17, 15) is 4.79 Å². The minimum atomic E-state index is -0.760. The highest BCUT2D eigenvalue weighted by atomic mass is 32.1. The summed E-state index contributed by atoms with van der Waals surface area (Å²) in [4.78, 5) is 15.7. The second-order valence-corrected chi connectivity index (χ2v) is 7.54. The molecule has 27 heavy (non-hydrogen) atoms. The quantitative estimate of drug-likeness (QED) is 0.435. The van der Waals surface area contributed by atoms with E-state index in [1.165, 1.54) is 10.8 Å². The molecule has 1 heterocycles. The average molecular weight is 373 g/mol. The van der Waals surface area contributed by atoms with Gasteiger partial charge in [-0.15, -0.1) is 11.3 Å². The van der Waals surface area contributed by atoms with E-state index in [2.05, 4.69) is 42.5 Å². The Morgan fingerprint density at radius 3 is 2.56 bits per heavy atom. The molecule has 0 aliphatic rings. The van der Waals surface area contributed by atoms with Crippen molar-refractivity contribution in [3.8, 4) is 0 Å². The lowest BCUT2D eigenvalue weighted by molar-refractivity contribution is -0.137. The van der Waals surface area contributed by atoms with Crippen LogP contribution in [0, 0.1) is 0 Å². The molecular formula is C23H19NO2S. The average Bonchev–Trinajstić information content (AvgIpc) is 3.11. The van der Waals surface area contributed by atoms with Gasteiger partial charge < -0.3 is 5.11 Å².